The number of benzene rings is 1. The van der Waals surface area contributed by atoms with Gasteiger partial charge in [-0.1, -0.05) is 0 Å². The molecule has 0 bridgehead atoms. The van der Waals surface area contributed by atoms with Crippen molar-refractivity contribution in [3.8, 4) is 5.75 Å². The fourth-order valence-corrected chi connectivity index (χ4v) is 4.40. The zero-order chi connectivity index (χ0) is 23.8. The van der Waals surface area contributed by atoms with Gasteiger partial charge in [0.1, 0.15) is 42.6 Å². The Kier molecular flexibility index (Phi) is 5.52. The highest BCUT2D eigenvalue weighted by molar-refractivity contribution is 5.91. The van der Waals surface area contributed by atoms with Gasteiger partial charge in [0.15, 0.2) is 5.89 Å². The normalized spacial score (nSPS) is 17.2. The van der Waals surface area contributed by atoms with E-state index in [-0.39, 0.29) is 5.91 Å². The molecule has 1 aliphatic carbocycles. The molecule has 2 aliphatic heterocycles. The molecule has 0 spiro atoms. The maximum atomic E-state index is 12.8. The molecule has 1 aromatic carbocycles. The number of oxazole rings is 1. The van der Waals surface area contributed by atoms with Crippen LogP contribution in [0.15, 0.2) is 50.5 Å². The Morgan fingerprint density at radius 3 is 3.00 bits per heavy atom. The Morgan fingerprint density at radius 2 is 2.23 bits per heavy atom. The Hall–Kier alpha value is -4.01. The molecule has 180 valence electrons. The van der Waals surface area contributed by atoms with Crippen molar-refractivity contribution in [2.24, 2.45) is 5.10 Å². The molecule has 0 atom stereocenters. The van der Waals surface area contributed by atoms with Crippen molar-refractivity contribution in [3.05, 3.63) is 70.8 Å². The summed E-state index contributed by atoms with van der Waals surface area (Å²) in [7, 11) is 0. The molecular formula is C26H27N5O4. The van der Waals surface area contributed by atoms with Gasteiger partial charge in [-0.15, -0.1) is 0 Å². The predicted octanol–water partition coefficient (Wildman–Crippen LogP) is 3.94. The lowest BCUT2D eigenvalue weighted by molar-refractivity contribution is -0.126. The molecule has 35 heavy (non-hydrogen) atoms. The third-order valence-electron chi connectivity index (χ3n) is 6.58. The van der Waals surface area contributed by atoms with Crippen LogP contribution in [0.1, 0.15) is 53.0 Å². The third-order valence-corrected chi connectivity index (χ3v) is 6.58. The number of nitrogens with one attached hydrogen (secondary N) is 1. The van der Waals surface area contributed by atoms with Gasteiger partial charge in [-0.2, -0.15) is 5.10 Å². The van der Waals surface area contributed by atoms with E-state index in [0.717, 1.165) is 53.6 Å². The fraction of sp³-hybridized carbons (Fsp3) is 0.346. The molecular weight excluding hydrogens is 446 g/mol. The number of furan rings is 1. The highest BCUT2D eigenvalue weighted by Crippen LogP contribution is 2.40. The summed E-state index contributed by atoms with van der Waals surface area (Å²) in [5.74, 6) is 3.43. The number of fused-ring (bicyclic) bond motifs is 1. The monoisotopic (exact) mass is 473 g/mol. The summed E-state index contributed by atoms with van der Waals surface area (Å²) in [4.78, 5) is 21.3. The van der Waals surface area contributed by atoms with E-state index >= 15 is 0 Å². The van der Waals surface area contributed by atoms with Crippen LogP contribution in [0.5, 0.6) is 5.75 Å². The molecule has 9 heteroatoms. The van der Waals surface area contributed by atoms with Crippen LogP contribution in [-0.4, -0.2) is 35.3 Å². The van der Waals surface area contributed by atoms with Gasteiger partial charge in [0, 0.05) is 25.1 Å². The topological polar surface area (TPSA) is 96.3 Å². The van der Waals surface area contributed by atoms with E-state index in [4.69, 9.17) is 13.6 Å². The maximum Gasteiger partial charge on any atom is 0.246 e. The zero-order valence-corrected chi connectivity index (χ0v) is 19.6. The lowest BCUT2D eigenvalue weighted by atomic mass is 9.98. The molecule has 0 radical (unpaired) electrons. The van der Waals surface area contributed by atoms with Gasteiger partial charge in [0.25, 0.3) is 0 Å². The minimum Gasteiger partial charge on any atom is -0.485 e. The first kappa shape index (κ1) is 21.5. The van der Waals surface area contributed by atoms with Gasteiger partial charge in [-0.25, -0.2) is 4.98 Å². The van der Waals surface area contributed by atoms with Gasteiger partial charge in [-0.05, 0) is 67.7 Å². The van der Waals surface area contributed by atoms with Crippen molar-refractivity contribution in [1.29, 1.82) is 0 Å². The quantitative estimate of drug-likeness (QED) is 0.519. The molecule has 6 rings (SSSR count). The van der Waals surface area contributed by atoms with E-state index in [2.05, 4.69) is 21.6 Å². The largest absolute Gasteiger partial charge is 0.485 e. The second-order valence-electron chi connectivity index (χ2n) is 9.10. The van der Waals surface area contributed by atoms with Crippen LogP contribution in [0.25, 0.3) is 6.08 Å². The predicted molar refractivity (Wildman–Crippen MR) is 130 cm³/mol. The minimum absolute atomic E-state index is 0.0414. The van der Waals surface area contributed by atoms with Gasteiger partial charge in [0.2, 0.25) is 5.91 Å². The molecule has 4 heterocycles. The second-order valence-corrected chi connectivity index (χ2v) is 9.10. The summed E-state index contributed by atoms with van der Waals surface area (Å²) in [5.41, 5.74) is 7.03. The molecule has 2 aromatic heterocycles. The molecule has 1 amide bonds. The number of aromatic nitrogens is 1. The summed E-state index contributed by atoms with van der Waals surface area (Å²) < 4.78 is 17.4. The lowest BCUT2D eigenvalue weighted by Gasteiger charge is -2.30. The minimum atomic E-state index is -0.0414. The van der Waals surface area contributed by atoms with Crippen molar-refractivity contribution in [2.75, 3.05) is 18.1 Å². The highest BCUT2D eigenvalue weighted by Gasteiger charge is 2.30. The number of carbonyl (C=O) groups excluding carboxylic acids is 1. The number of rotatable bonds is 7. The molecule has 0 saturated heterocycles. The highest BCUT2D eigenvalue weighted by atomic mass is 16.5. The first-order valence-corrected chi connectivity index (χ1v) is 11.9. The van der Waals surface area contributed by atoms with Crippen LogP contribution >= 0.6 is 0 Å². The number of hydrogen-bond acceptors (Lipinski definition) is 8. The Labute approximate surface area is 203 Å². The summed E-state index contributed by atoms with van der Waals surface area (Å²) in [6.07, 6.45) is 9.67. The van der Waals surface area contributed by atoms with E-state index in [1.165, 1.54) is 5.56 Å². The van der Waals surface area contributed by atoms with Crippen LogP contribution < -0.4 is 15.1 Å². The molecule has 3 aliphatic rings. The number of nitrogens with zero attached hydrogens (tertiary/aromatic N) is 4. The van der Waals surface area contributed by atoms with Crippen molar-refractivity contribution >= 4 is 24.0 Å². The molecule has 9 nitrogen and oxygen atoms in total. The number of ether oxygens (including phenoxy) is 1. The van der Waals surface area contributed by atoms with Crippen molar-refractivity contribution in [1.82, 2.24) is 15.3 Å². The number of aryl methyl sites for hydroxylation is 1. The van der Waals surface area contributed by atoms with Crippen molar-refractivity contribution in [3.63, 3.8) is 0 Å². The van der Waals surface area contributed by atoms with Crippen molar-refractivity contribution < 1.29 is 18.4 Å². The lowest BCUT2D eigenvalue weighted by Crippen LogP contribution is -2.35. The Bertz CT molecular complexity index is 1290. The molecule has 1 fully saturated rings. The van der Waals surface area contributed by atoms with E-state index in [0.29, 0.717) is 38.0 Å². The van der Waals surface area contributed by atoms with E-state index in [1.807, 2.05) is 28.9 Å². The molecule has 1 saturated carbocycles. The molecule has 0 unspecified atom stereocenters. The average molecular weight is 474 g/mol. The van der Waals surface area contributed by atoms with Gasteiger partial charge in [0.05, 0.1) is 12.0 Å². The molecule has 3 aromatic rings. The first-order chi connectivity index (χ1) is 17.1. The molecule has 1 N–H and O–H groups in total. The van der Waals surface area contributed by atoms with Crippen LogP contribution in [0, 0.1) is 6.92 Å². The Balaban J connectivity index is 1.23. The Morgan fingerprint density at radius 1 is 1.31 bits per heavy atom. The summed E-state index contributed by atoms with van der Waals surface area (Å²) >= 11 is 0. The summed E-state index contributed by atoms with van der Waals surface area (Å²) in [6.45, 7) is 4.01. The van der Waals surface area contributed by atoms with E-state index in [1.54, 1.807) is 30.8 Å². The summed E-state index contributed by atoms with van der Waals surface area (Å²) in [6, 6.07) is 7.81. The number of hydrogen-bond donors (Lipinski definition) is 1. The number of anilines is 1. The van der Waals surface area contributed by atoms with Crippen LogP contribution in [0.3, 0.4) is 0 Å². The standard InChI is InChI=1S/C26H27N5O4/c1-17-22(29-26(35-17)18-4-5-18)14-34-24-12-20-13-30(25(32)7-6-21-3-2-10-33-21)9-8-19(20)11-23(24)31-15-27-28-16-31/h2-3,6-7,10-12,15,18,28H,4-5,8-9,13-14,16H2,1H3/b7-6+. The van der Waals surface area contributed by atoms with Crippen LogP contribution in [-0.2, 0) is 24.4 Å². The van der Waals surface area contributed by atoms with E-state index in [9.17, 15) is 4.79 Å². The smallest absolute Gasteiger partial charge is 0.246 e. The summed E-state index contributed by atoms with van der Waals surface area (Å²) in [5, 5.41) is 4.13. The first-order valence-electron chi connectivity index (χ1n) is 11.9. The van der Waals surface area contributed by atoms with Crippen molar-refractivity contribution in [2.45, 2.75) is 45.3 Å². The maximum absolute atomic E-state index is 12.8. The second kappa shape index (κ2) is 8.98. The van der Waals surface area contributed by atoms with Gasteiger partial charge in [-0.3, -0.25) is 10.2 Å². The third kappa shape index (κ3) is 4.53. The fourth-order valence-electron chi connectivity index (χ4n) is 4.40. The van der Waals surface area contributed by atoms with Gasteiger partial charge < -0.3 is 23.4 Å². The van der Waals surface area contributed by atoms with E-state index < -0.39 is 0 Å². The zero-order valence-electron chi connectivity index (χ0n) is 19.6. The van der Waals surface area contributed by atoms with Crippen LogP contribution in [0.4, 0.5) is 5.69 Å². The number of hydrazone groups is 1. The average Bonchev–Trinajstić information content (AvgIpc) is 3.24. The van der Waals surface area contributed by atoms with Gasteiger partial charge >= 0.3 is 0 Å². The van der Waals surface area contributed by atoms with Crippen LogP contribution in [0.2, 0.25) is 0 Å². The number of amides is 1. The number of carbonyl (C=O) groups is 1. The SMILES string of the molecule is Cc1oc(C2CC2)nc1COc1cc2c(cc1N1C=NNC1)CCN(C(=O)/C=C/c1ccco1)C2.